The van der Waals surface area contributed by atoms with Gasteiger partial charge in [-0.2, -0.15) is 4.31 Å². The Balaban J connectivity index is 1.57. The number of hydrogen-bond acceptors (Lipinski definition) is 4. The van der Waals surface area contributed by atoms with Gasteiger partial charge in [-0.1, -0.05) is 17.7 Å². The molecule has 3 rings (SSSR count). The highest BCUT2D eigenvalue weighted by Gasteiger charge is 2.44. The molecule has 6 heteroatoms. The molecule has 0 radical (unpaired) electrons. The third-order valence-electron chi connectivity index (χ3n) is 3.31. The Labute approximate surface area is 113 Å². The third kappa shape index (κ3) is 2.97. The van der Waals surface area contributed by atoms with Crippen LogP contribution in [-0.4, -0.2) is 51.2 Å². The normalized spacial score (nSPS) is 29.2. The van der Waals surface area contributed by atoms with Crippen LogP contribution >= 0.6 is 0 Å². The maximum atomic E-state index is 12.3. The first-order valence-electron chi connectivity index (χ1n) is 6.35. The topological polar surface area (TPSA) is 58.9 Å². The molecule has 0 aromatic heterocycles. The molecular weight excluding hydrogens is 266 g/mol. The molecule has 104 valence electrons. The Morgan fingerprint density at radius 3 is 2.63 bits per heavy atom. The summed E-state index contributed by atoms with van der Waals surface area (Å²) in [6.45, 7) is 4.25. The van der Waals surface area contributed by atoms with Crippen LogP contribution in [0.2, 0.25) is 0 Å². The fourth-order valence-electron chi connectivity index (χ4n) is 1.94. The van der Waals surface area contributed by atoms with Crippen molar-refractivity contribution in [2.24, 2.45) is 0 Å². The number of nitrogens with zero attached hydrogens (tertiary/aromatic N) is 1. The summed E-state index contributed by atoms with van der Waals surface area (Å²) < 4.78 is 36.5. The fourth-order valence-corrected chi connectivity index (χ4v) is 3.51. The first kappa shape index (κ1) is 13.1. The van der Waals surface area contributed by atoms with Crippen LogP contribution in [0.5, 0.6) is 0 Å². The van der Waals surface area contributed by atoms with Crippen LogP contribution in [0, 0.1) is 6.92 Å². The zero-order chi connectivity index (χ0) is 13.5. The minimum Gasteiger partial charge on any atom is -0.377 e. The molecule has 19 heavy (non-hydrogen) atoms. The van der Waals surface area contributed by atoms with Gasteiger partial charge in [-0.15, -0.1) is 0 Å². The largest absolute Gasteiger partial charge is 0.377 e. The van der Waals surface area contributed by atoms with Crippen molar-refractivity contribution in [2.45, 2.75) is 24.0 Å². The van der Waals surface area contributed by atoms with E-state index < -0.39 is 10.0 Å². The molecule has 3 atom stereocenters. The lowest BCUT2D eigenvalue weighted by Gasteiger charge is -2.07. The van der Waals surface area contributed by atoms with Crippen LogP contribution in [0.15, 0.2) is 29.2 Å². The molecule has 0 amide bonds. The second-order valence-corrected chi connectivity index (χ2v) is 6.92. The van der Waals surface area contributed by atoms with Gasteiger partial charge in [-0.25, -0.2) is 8.42 Å². The summed E-state index contributed by atoms with van der Waals surface area (Å²) in [6.07, 6.45) is 0.223. The molecule has 1 aromatic rings. The number of aryl methyl sites for hydroxylation is 1. The molecule has 2 fully saturated rings. The van der Waals surface area contributed by atoms with E-state index >= 15 is 0 Å². The van der Waals surface area contributed by atoms with E-state index in [9.17, 15) is 8.42 Å². The predicted molar refractivity (Wildman–Crippen MR) is 69.4 cm³/mol. The number of benzene rings is 1. The highest BCUT2D eigenvalue weighted by Crippen LogP contribution is 2.28. The van der Waals surface area contributed by atoms with E-state index in [-0.39, 0.29) is 12.1 Å². The lowest BCUT2D eigenvalue weighted by atomic mass is 10.2. The first-order valence-corrected chi connectivity index (χ1v) is 7.79. The Hall–Kier alpha value is -0.950. The van der Waals surface area contributed by atoms with Crippen molar-refractivity contribution in [1.82, 2.24) is 4.31 Å². The molecule has 0 spiro atoms. The van der Waals surface area contributed by atoms with Crippen molar-refractivity contribution < 1.29 is 17.9 Å². The van der Waals surface area contributed by atoms with Gasteiger partial charge in [0, 0.05) is 6.54 Å². The number of epoxide rings is 1. The zero-order valence-electron chi connectivity index (χ0n) is 10.8. The van der Waals surface area contributed by atoms with Crippen molar-refractivity contribution in [3.8, 4) is 0 Å². The Kier molecular flexibility index (Phi) is 3.34. The second-order valence-electron chi connectivity index (χ2n) is 5.03. The van der Waals surface area contributed by atoms with Gasteiger partial charge in [0.2, 0.25) is 10.0 Å². The average Bonchev–Trinajstić information content (AvgIpc) is 3.24. The lowest BCUT2D eigenvalue weighted by Crippen LogP contribution is -2.18. The van der Waals surface area contributed by atoms with Crippen LogP contribution in [0.4, 0.5) is 0 Å². The maximum absolute atomic E-state index is 12.3. The van der Waals surface area contributed by atoms with Gasteiger partial charge in [-0.3, -0.25) is 0 Å². The first-order chi connectivity index (χ1) is 9.07. The van der Waals surface area contributed by atoms with Gasteiger partial charge in [0.1, 0.15) is 6.10 Å². The standard InChI is InChI=1S/C13H17NO4S/c1-10-2-4-13(5-3-10)19(15,16)14-6-11(14)7-17-8-12-9-18-12/h2-5,11-12H,6-9H2,1H3/t11-,12-,14?/m1/s1. The molecule has 0 saturated carbocycles. The van der Waals surface area contributed by atoms with Gasteiger partial charge >= 0.3 is 0 Å². The van der Waals surface area contributed by atoms with E-state index in [0.29, 0.717) is 24.7 Å². The third-order valence-corrected chi connectivity index (χ3v) is 5.24. The summed E-state index contributed by atoms with van der Waals surface area (Å²) in [4.78, 5) is 0.353. The predicted octanol–water partition coefficient (Wildman–Crippen LogP) is 0.783. The number of rotatable bonds is 6. The quantitative estimate of drug-likeness (QED) is 0.724. The number of sulfonamides is 1. The van der Waals surface area contributed by atoms with E-state index in [2.05, 4.69) is 0 Å². The van der Waals surface area contributed by atoms with Crippen molar-refractivity contribution in [3.05, 3.63) is 29.8 Å². The molecule has 2 aliphatic rings. The summed E-state index contributed by atoms with van der Waals surface area (Å²) in [5.41, 5.74) is 1.05. The molecule has 0 N–H and O–H groups in total. The van der Waals surface area contributed by atoms with Crippen LogP contribution in [0.3, 0.4) is 0 Å². The van der Waals surface area contributed by atoms with Crippen LogP contribution in [0.25, 0.3) is 0 Å². The molecule has 1 unspecified atom stereocenters. The van der Waals surface area contributed by atoms with Crippen molar-refractivity contribution in [1.29, 1.82) is 0 Å². The molecule has 2 heterocycles. The summed E-state index contributed by atoms with van der Waals surface area (Å²) in [5.74, 6) is 0. The van der Waals surface area contributed by atoms with Crippen molar-refractivity contribution in [3.63, 3.8) is 0 Å². The van der Waals surface area contributed by atoms with Crippen LogP contribution < -0.4 is 0 Å². The zero-order valence-corrected chi connectivity index (χ0v) is 11.6. The van der Waals surface area contributed by atoms with Gasteiger partial charge in [0.15, 0.2) is 0 Å². The Morgan fingerprint density at radius 2 is 2.00 bits per heavy atom. The second kappa shape index (κ2) is 4.86. The maximum Gasteiger partial charge on any atom is 0.243 e. The van der Waals surface area contributed by atoms with Crippen LogP contribution in [-0.2, 0) is 19.5 Å². The molecule has 2 aliphatic heterocycles. The van der Waals surface area contributed by atoms with Gasteiger partial charge in [0.25, 0.3) is 0 Å². The van der Waals surface area contributed by atoms with E-state index in [0.717, 1.165) is 12.2 Å². The smallest absolute Gasteiger partial charge is 0.243 e. The number of hydrogen-bond donors (Lipinski definition) is 0. The van der Waals surface area contributed by atoms with E-state index in [1.54, 1.807) is 12.1 Å². The number of ether oxygens (including phenoxy) is 2. The summed E-state index contributed by atoms with van der Waals surface area (Å²) >= 11 is 0. The van der Waals surface area contributed by atoms with E-state index in [1.807, 2.05) is 19.1 Å². The molecule has 5 nitrogen and oxygen atoms in total. The molecular formula is C13H17NO4S. The van der Waals surface area contributed by atoms with Gasteiger partial charge < -0.3 is 9.47 Å². The SMILES string of the molecule is Cc1ccc(S(=O)(=O)N2C[C@@H]2COC[C@@H]2CO2)cc1. The van der Waals surface area contributed by atoms with E-state index in [4.69, 9.17) is 9.47 Å². The van der Waals surface area contributed by atoms with Crippen molar-refractivity contribution in [2.75, 3.05) is 26.4 Å². The minimum atomic E-state index is -3.34. The minimum absolute atomic E-state index is 0.0231. The highest BCUT2D eigenvalue weighted by molar-refractivity contribution is 7.89. The summed E-state index contributed by atoms with van der Waals surface area (Å²) in [6, 6.07) is 6.90. The van der Waals surface area contributed by atoms with E-state index in [1.165, 1.54) is 4.31 Å². The Morgan fingerprint density at radius 1 is 1.32 bits per heavy atom. The fraction of sp³-hybridized carbons (Fsp3) is 0.538. The molecule has 0 bridgehead atoms. The average molecular weight is 283 g/mol. The molecule has 0 aliphatic carbocycles. The molecule has 2 saturated heterocycles. The highest BCUT2D eigenvalue weighted by atomic mass is 32.2. The van der Waals surface area contributed by atoms with Gasteiger partial charge in [0.05, 0.1) is 30.8 Å². The summed E-state index contributed by atoms with van der Waals surface area (Å²) in [7, 11) is -3.34. The lowest BCUT2D eigenvalue weighted by molar-refractivity contribution is 0.115. The molecule has 1 aromatic carbocycles. The van der Waals surface area contributed by atoms with Crippen LogP contribution in [0.1, 0.15) is 5.56 Å². The monoisotopic (exact) mass is 283 g/mol. The summed E-state index contributed by atoms with van der Waals surface area (Å²) in [5, 5.41) is 0. The van der Waals surface area contributed by atoms with Crippen molar-refractivity contribution >= 4 is 10.0 Å². The van der Waals surface area contributed by atoms with Gasteiger partial charge in [-0.05, 0) is 19.1 Å². The Bertz CT molecular complexity index is 551.